The number of benzene rings is 2. The van der Waals surface area contributed by atoms with Crippen LogP contribution in [0.4, 0.5) is 0 Å². The van der Waals surface area contributed by atoms with Crippen molar-refractivity contribution in [3.05, 3.63) is 83.9 Å². The Bertz CT molecular complexity index is 682. The normalized spacial score (nSPS) is 9.67. The number of carboxylic acids is 2. The topological polar surface area (TPSA) is 109 Å². The van der Waals surface area contributed by atoms with Crippen LogP contribution in [0, 0.1) is 0 Å². The molecule has 0 aliphatic rings. The van der Waals surface area contributed by atoms with Crippen LogP contribution >= 0.6 is 0 Å². The first-order valence-corrected chi connectivity index (χ1v) is 6.75. The highest BCUT2D eigenvalue weighted by Crippen LogP contribution is 2.07. The highest BCUT2D eigenvalue weighted by molar-refractivity contribution is 6.49. The van der Waals surface area contributed by atoms with Gasteiger partial charge in [-0.3, -0.25) is 9.59 Å². The highest BCUT2D eigenvalue weighted by Gasteiger charge is 2.16. The van der Waals surface area contributed by atoms with Crippen LogP contribution in [0.5, 0.6) is 0 Å². The molecular formula is C18H14O6. The summed E-state index contributed by atoms with van der Waals surface area (Å²) in [6.07, 6.45) is 1.12. The fraction of sp³-hybridized carbons (Fsp3) is 0. The van der Waals surface area contributed by atoms with Gasteiger partial charge in [-0.2, -0.15) is 0 Å². The van der Waals surface area contributed by atoms with Gasteiger partial charge < -0.3 is 10.2 Å². The van der Waals surface area contributed by atoms with E-state index < -0.39 is 23.5 Å². The summed E-state index contributed by atoms with van der Waals surface area (Å²) in [5, 5.41) is 15.6. The molecule has 0 fully saturated rings. The molecule has 0 amide bonds. The van der Waals surface area contributed by atoms with E-state index >= 15 is 0 Å². The van der Waals surface area contributed by atoms with Crippen molar-refractivity contribution in [3.63, 3.8) is 0 Å². The van der Waals surface area contributed by atoms with Gasteiger partial charge in [-0.1, -0.05) is 60.7 Å². The van der Waals surface area contributed by atoms with E-state index in [1.807, 2.05) is 12.1 Å². The molecule has 2 aromatic rings. The Balaban J connectivity index is 0.000000307. The summed E-state index contributed by atoms with van der Waals surface area (Å²) in [6.45, 7) is 0. The van der Waals surface area contributed by atoms with Crippen molar-refractivity contribution in [1.29, 1.82) is 0 Å². The monoisotopic (exact) mass is 326 g/mol. The van der Waals surface area contributed by atoms with Crippen LogP contribution in [-0.4, -0.2) is 33.7 Å². The van der Waals surface area contributed by atoms with E-state index in [2.05, 4.69) is 0 Å². The number of aliphatic carboxylic acids is 2. The van der Waals surface area contributed by atoms with Gasteiger partial charge in [0.05, 0.1) is 0 Å². The summed E-state index contributed by atoms with van der Waals surface area (Å²) in [7, 11) is 0. The van der Waals surface area contributed by atoms with Crippen molar-refractivity contribution < 1.29 is 29.4 Å². The largest absolute Gasteiger partial charge is 0.478 e. The molecule has 0 unspecified atom stereocenters. The summed E-state index contributed by atoms with van der Waals surface area (Å²) in [5.41, 5.74) is 0.854. The second-order valence-corrected chi connectivity index (χ2v) is 4.40. The molecule has 0 bridgehead atoms. The second kappa shape index (κ2) is 9.47. The lowest BCUT2D eigenvalue weighted by atomic mass is 10.0. The van der Waals surface area contributed by atoms with Crippen molar-refractivity contribution >= 4 is 23.5 Å². The average Bonchev–Trinajstić information content (AvgIpc) is 2.61. The third-order valence-corrected chi connectivity index (χ3v) is 2.65. The Morgan fingerprint density at radius 2 is 0.875 bits per heavy atom. The Hall–Kier alpha value is -3.54. The maximum absolute atomic E-state index is 11.8. The lowest BCUT2D eigenvalue weighted by Crippen LogP contribution is -2.14. The molecule has 0 aliphatic carbocycles. The molecule has 0 saturated heterocycles. The summed E-state index contributed by atoms with van der Waals surface area (Å²) in [6, 6.07) is 17.2. The molecule has 0 aliphatic heterocycles. The molecule has 122 valence electrons. The van der Waals surface area contributed by atoms with Gasteiger partial charge in [-0.25, -0.2) is 9.59 Å². The standard InChI is InChI=1S/C14H10O2.C4H4O4/c15-13(11-7-3-1-4-8-11)14(16)12-9-5-2-6-10-12;5-3(6)1-2-4(7)8/h1-10H;1-2H,(H,5,6)(H,7,8)/b;2-1-. The second-order valence-electron chi connectivity index (χ2n) is 4.40. The van der Waals surface area contributed by atoms with Crippen LogP contribution < -0.4 is 0 Å². The Morgan fingerprint density at radius 1 is 0.583 bits per heavy atom. The number of carbonyl (C=O) groups is 4. The first kappa shape index (κ1) is 18.5. The third kappa shape index (κ3) is 6.48. The van der Waals surface area contributed by atoms with Crippen molar-refractivity contribution in [2.45, 2.75) is 0 Å². The number of ketones is 2. The van der Waals surface area contributed by atoms with Crippen LogP contribution in [0.1, 0.15) is 20.7 Å². The summed E-state index contributed by atoms with van der Waals surface area (Å²) < 4.78 is 0. The summed E-state index contributed by atoms with van der Waals surface area (Å²) in [5.74, 6) is -3.45. The minimum Gasteiger partial charge on any atom is -0.478 e. The van der Waals surface area contributed by atoms with Crippen molar-refractivity contribution in [2.24, 2.45) is 0 Å². The molecule has 0 heterocycles. The van der Waals surface area contributed by atoms with Crippen LogP contribution in [0.3, 0.4) is 0 Å². The minimum atomic E-state index is -1.26. The Kier molecular flexibility index (Phi) is 7.30. The predicted molar refractivity (Wildman–Crippen MR) is 86.0 cm³/mol. The zero-order valence-electron chi connectivity index (χ0n) is 12.5. The average molecular weight is 326 g/mol. The van der Waals surface area contributed by atoms with Gasteiger partial charge in [0, 0.05) is 23.3 Å². The molecule has 2 N–H and O–H groups in total. The SMILES string of the molecule is O=C(C(=O)c1ccccc1)c1ccccc1.O=C(O)/C=C\C(=O)O. The number of carbonyl (C=O) groups excluding carboxylic acids is 2. The number of hydrogen-bond acceptors (Lipinski definition) is 4. The molecule has 0 spiro atoms. The van der Waals surface area contributed by atoms with Gasteiger partial charge in [0.2, 0.25) is 11.6 Å². The van der Waals surface area contributed by atoms with Gasteiger partial charge in [0.25, 0.3) is 0 Å². The van der Waals surface area contributed by atoms with E-state index in [9.17, 15) is 19.2 Å². The van der Waals surface area contributed by atoms with E-state index in [1.165, 1.54) is 0 Å². The van der Waals surface area contributed by atoms with E-state index in [0.717, 1.165) is 0 Å². The number of rotatable bonds is 5. The van der Waals surface area contributed by atoms with E-state index in [0.29, 0.717) is 23.3 Å². The lowest BCUT2D eigenvalue weighted by molar-refractivity contribution is -0.134. The van der Waals surface area contributed by atoms with Gasteiger partial charge >= 0.3 is 11.9 Å². The number of carboxylic acid groups (broad SMARTS) is 2. The first-order chi connectivity index (χ1) is 11.4. The Morgan fingerprint density at radius 3 is 1.12 bits per heavy atom. The highest BCUT2D eigenvalue weighted by atomic mass is 16.4. The zero-order chi connectivity index (χ0) is 17.9. The van der Waals surface area contributed by atoms with Crippen LogP contribution in [-0.2, 0) is 9.59 Å². The fourth-order valence-electron chi connectivity index (χ4n) is 1.58. The molecule has 2 rings (SSSR count). The maximum atomic E-state index is 11.8. The molecule has 6 heteroatoms. The van der Waals surface area contributed by atoms with Gasteiger partial charge in [0.15, 0.2) is 0 Å². The van der Waals surface area contributed by atoms with E-state index in [4.69, 9.17) is 10.2 Å². The van der Waals surface area contributed by atoms with Crippen LogP contribution in [0.2, 0.25) is 0 Å². The molecular weight excluding hydrogens is 312 g/mol. The predicted octanol–water partition coefficient (Wildman–Crippen LogP) is 2.46. The van der Waals surface area contributed by atoms with Crippen LogP contribution in [0.25, 0.3) is 0 Å². The third-order valence-electron chi connectivity index (χ3n) is 2.65. The fourth-order valence-corrected chi connectivity index (χ4v) is 1.58. The molecule has 24 heavy (non-hydrogen) atoms. The quantitative estimate of drug-likeness (QED) is 0.496. The molecule has 0 saturated carbocycles. The minimum absolute atomic E-state index is 0.427. The van der Waals surface area contributed by atoms with Crippen LogP contribution in [0.15, 0.2) is 72.8 Å². The molecule has 0 atom stereocenters. The van der Waals surface area contributed by atoms with Gasteiger partial charge in [0.1, 0.15) is 0 Å². The first-order valence-electron chi connectivity index (χ1n) is 6.75. The van der Waals surface area contributed by atoms with Crippen molar-refractivity contribution in [3.8, 4) is 0 Å². The number of hydrogen-bond donors (Lipinski definition) is 2. The lowest BCUT2D eigenvalue weighted by Gasteiger charge is -1.99. The van der Waals surface area contributed by atoms with E-state index in [-0.39, 0.29) is 0 Å². The van der Waals surface area contributed by atoms with Gasteiger partial charge in [-0.05, 0) is 0 Å². The summed E-state index contributed by atoms with van der Waals surface area (Å²) in [4.78, 5) is 42.7. The van der Waals surface area contributed by atoms with Gasteiger partial charge in [-0.15, -0.1) is 0 Å². The summed E-state index contributed by atoms with van der Waals surface area (Å²) >= 11 is 0. The Labute approximate surface area is 137 Å². The van der Waals surface area contributed by atoms with Crippen molar-refractivity contribution in [2.75, 3.05) is 0 Å². The molecule has 0 aromatic heterocycles. The van der Waals surface area contributed by atoms with Crippen molar-refractivity contribution in [1.82, 2.24) is 0 Å². The maximum Gasteiger partial charge on any atom is 0.328 e. The molecule has 6 nitrogen and oxygen atoms in total. The number of Topliss-reactive ketones (excluding diaryl/α,β-unsaturated/α-hetero) is 2. The zero-order valence-corrected chi connectivity index (χ0v) is 12.5. The molecule has 0 radical (unpaired) electrons. The smallest absolute Gasteiger partial charge is 0.328 e. The van der Waals surface area contributed by atoms with E-state index in [1.54, 1.807) is 48.5 Å². The molecule has 2 aromatic carbocycles.